The van der Waals surface area contributed by atoms with Gasteiger partial charge in [-0.15, -0.1) is 0 Å². The maximum absolute atomic E-state index is 13.1. The summed E-state index contributed by atoms with van der Waals surface area (Å²) in [5, 5.41) is 9.44. The fraction of sp³-hybridized carbons (Fsp3) is 0.0476. The Bertz CT molecular complexity index is 1040. The van der Waals surface area contributed by atoms with Crippen LogP contribution in [0.5, 0.6) is 0 Å². The van der Waals surface area contributed by atoms with E-state index in [1.807, 2.05) is 72.8 Å². The molecule has 0 bridgehead atoms. The zero-order valence-electron chi connectivity index (χ0n) is 14.1. The van der Waals surface area contributed by atoms with Gasteiger partial charge in [0.05, 0.1) is 11.8 Å². The first-order valence-corrected chi connectivity index (χ1v) is 9.94. The highest BCUT2D eigenvalue weighted by molar-refractivity contribution is 9.10. The molecule has 0 aromatic heterocycles. The van der Waals surface area contributed by atoms with Gasteiger partial charge >= 0.3 is 0 Å². The predicted octanol–water partition coefficient (Wildman–Crippen LogP) is 5.81. The van der Waals surface area contributed by atoms with E-state index in [9.17, 15) is 4.79 Å². The van der Waals surface area contributed by atoms with Crippen molar-refractivity contribution in [3.05, 3.63) is 98.4 Å². The minimum atomic E-state index is -0.395. The number of carbonyl (C=O) groups is 1. The standard InChI is InChI=1S/C21H15Br2N3O/c22-16-7-3-5-14(11-16)13-24-26-20(15-6-4-8-17(23)12-15)25-19-10-2-1-9-18(19)21(26)27/h1-13,20,25H. The summed E-state index contributed by atoms with van der Waals surface area (Å²) >= 11 is 6.96. The van der Waals surface area contributed by atoms with Gasteiger partial charge in [-0.1, -0.05) is 68.3 Å². The van der Waals surface area contributed by atoms with E-state index in [-0.39, 0.29) is 5.91 Å². The van der Waals surface area contributed by atoms with Crippen molar-refractivity contribution in [2.75, 3.05) is 5.32 Å². The van der Waals surface area contributed by atoms with Gasteiger partial charge in [-0.3, -0.25) is 4.79 Å². The van der Waals surface area contributed by atoms with Crippen molar-refractivity contribution in [2.24, 2.45) is 5.10 Å². The van der Waals surface area contributed by atoms with E-state index in [0.717, 1.165) is 25.8 Å². The van der Waals surface area contributed by atoms with E-state index in [1.165, 1.54) is 5.01 Å². The number of halogens is 2. The molecule has 0 spiro atoms. The number of hydrogen-bond acceptors (Lipinski definition) is 3. The quantitative estimate of drug-likeness (QED) is 0.476. The average molecular weight is 485 g/mol. The van der Waals surface area contributed by atoms with E-state index in [0.29, 0.717) is 5.56 Å². The molecule has 0 fully saturated rings. The van der Waals surface area contributed by atoms with Crippen LogP contribution in [0.1, 0.15) is 27.7 Å². The largest absolute Gasteiger partial charge is 0.359 e. The van der Waals surface area contributed by atoms with Gasteiger partial charge in [0.2, 0.25) is 0 Å². The molecule has 3 aromatic rings. The Labute approximate surface area is 174 Å². The van der Waals surface area contributed by atoms with Crippen LogP contribution in [0.25, 0.3) is 0 Å². The Morgan fingerprint density at radius 2 is 1.67 bits per heavy atom. The normalized spacial score (nSPS) is 16.3. The summed E-state index contributed by atoms with van der Waals surface area (Å²) < 4.78 is 1.91. The Morgan fingerprint density at radius 3 is 2.44 bits per heavy atom. The van der Waals surface area contributed by atoms with E-state index in [2.05, 4.69) is 42.3 Å². The molecule has 1 atom stereocenters. The molecule has 4 rings (SSSR count). The number of nitrogens with zero attached hydrogens (tertiary/aromatic N) is 2. The number of hydrogen-bond donors (Lipinski definition) is 1. The number of amides is 1. The van der Waals surface area contributed by atoms with E-state index < -0.39 is 6.17 Å². The number of para-hydroxylation sites is 1. The summed E-state index contributed by atoms with van der Waals surface area (Å²) in [5.74, 6) is -0.138. The number of benzene rings is 3. The van der Waals surface area contributed by atoms with Gasteiger partial charge in [0.15, 0.2) is 6.17 Å². The van der Waals surface area contributed by atoms with Crippen LogP contribution >= 0.6 is 31.9 Å². The fourth-order valence-electron chi connectivity index (χ4n) is 2.98. The van der Waals surface area contributed by atoms with Crippen molar-refractivity contribution in [2.45, 2.75) is 6.17 Å². The van der Waals surface area contributed by atoms with Crippen LogP contribution in [-0.2, 0) is 0 Å². The zero-order chi connectivity index (χ0) is 18.8. The highest BCUT2D eigenvalue weighted by atomic mass is 79.9. The van der Waals surface area contributed by atoms with E-state index in [4.69, 9.17) is 0 Å². The Morgan fingerprint density at radius 1 is 0.926 bits per heavy atom. The lowest BCUT2D eigenvalue weighted by Gasteiger charge is -2.34. The molecule has 1 aliphatic rings. The summed E-state index contributed by atoms with van der Waals surface area (Å²) in [6.45, 7) is 0. The molecular weight excluding hydrogens is 470 g/mol. The van der Waals surface area contributed by atoms with Crippen LogP contribution in [0.3, 0.4) is 0 Å². The first-order chi connectivity index (χ1) is 13.1. The lowest BCUT2D eigenvalue weighted by atomic mass is 10.1. The molecule has 0 saturated heterocycles. The van der Waals surface area contributed by atoms with Crippen molar-refractivity contribution in [1.82, 2.24) is 5.01 Å². The molecule has 0 saturated carbocycles. The molecule has 0 aliphatic carbocycles. The van der Waals surface area contributed by atoms with E-state index in [1.54, 1.807) is 6.21 Å². The van der Waals surface area contributed by atoms with Gasteiger partial charge < -0.3 is 5.32 Å². The number of fused-ring (bicyclic) bond motifs is 1. The first-order valence-electron chi connectivity index (χ1n) is 8.36. The minimum Gasteiger partial charge on any atom is -0.359 e. The Kier molecular flexibility index (Phi) is 5.09. The molecule has 4 nitrogen and oxygen atoms in total. The van der Waals surface area contributed by atoms with Crippen molar-refractivity contribution in [1.29, 1.82) is 0 Å². The molecule has 1 heterocycles. The molecule has 1 amide bonds. The number of nitrogens with one attached hydrogen (secondary N) is 1. The zero-order valence-corrected chi connectivity index (χ0v) is 17.3. The van der Waals surface area contributed by atoms with Gasteiger partial charge in [0.25, 0.3) is 5.91 Å². The second-order valence-corrected chi connectivity index (χ2v) is 7.93. The van der Waals surface area contributed by atoms with Crippen molar-refractivity contribution in [3.63, 3.8) is 0 Å². The van der Waals surface area contributed by atoms with Gasteiger partial charge in [0, 0.05) is 14.6 Å². The van der Waals surface area contributed by atoms with Crippen molar-refractivity contribution < 1.29 is 4.79 Å². The van der Waals surface area contributed by atoms with Crippen molar-refractivity contribution >= 4 is 49.7 Å². The molecule has 1 aliphatic heterocycles. The Hall–Kier alpha value is -2.44. The highest BCUT2D eigenvalue weighted by Crippen LogP contribution is 2.34. The van der Waals surface area contributed by atoms with Crippen LogP contribution in [0.15, 0.2) is 86.8 Å². The molecule has 3 aromatic carbocycles. The van der Waals surface area contributed by atoms with Crippen LogP contribution in [0.2, 0.25) is 0 Å². The lowest BCUT2D eigenvalue weighted by Crippen LogP contribution is -2.39. The van der Waals surface area contributed by atoms with E-state index >= 15 is 0 Å². The molecule has 0 radical (unpaired) electrons. The number of carbonyl (C=O) groups excluding carboxylic acids is 1. The minimum absolute atomic E-state index is 0.138. The topological polar surface area (TPSA) is 44.7 Å². The maximum Gasteiger partial charge on any atom is 0.278 e. The van der Waals surface area contributed by atoms with Gasteiger partial charge in [-0.05, 0) is 47.5 Å². The average Bonchev–Trinajstić information content (AvgIpc) is 2.67. The fourth-order valence-corrected chi connectivity index (χ4v) is 3.81. The smallest absolute Gasteiger partial charge is 0.278 e. The van der Waals surface area contributed by atoms with Gasteiger partial charge in [-0.2, -0.15) is 5.10 Å². The maximum atomic E-state index is 13.1. The highest BCUT2D eigenvalue weighted by Gasteiger charge is 2.32. The van der Waals surface area contributed by atoms with Gasteiger partial charge in [-0.25, -0.2) is 5.01 Å². The monoisotopic (exact) mass is 483 g/mol. The summed E-state index contributed by atoms with van der Waals surface area (Å²) in [6.07, 6.45) is 1.30. The number of anilines is 1. The second-order valence-electron chi connectivity index (χ2n) is 6.10. The summed E-state index contributed by atoms with van der Waals surface area (Å²) in [7, 11) is 0. The van der Waals surface area contributed by atoms with Crippen LogP contribution in [0, 0.1) is 0 Å². The second kappa shape index (κ2) is 7.66. The summed E-state index contributed by atoms with van der Waals surface area (Å²) in [4.78, 5) is 13.1. The van der Waals surface area contributed by atoms with Crippen LogP contribution in [0.4, 0.5) is 5.69 Å². The third-order valence-electron chi connectivity index (χ3n) is 4.25. The predicted molar refractivity (Wildman–Crippen MR) is 115 cm³/mol. The molecule has 1 unspecified atom stereocenters. The van der Waals surface area contributed by atoms with Crippen LogP contribution < -0.4 is 5.32 Å². The molecule has 134 valence electrons. The van der Waals surface area contributed by atoms with Gasteiger partial charge in [0.1, 0.15) is 0 Å². The molecular formula is C21H15Br2N3O. The third kappa shape index (κ3) is 3.82. The third-order valence-corrected chi connectivity index (χ3v) is 5.23. The Balaban J connectivity index is 1.76. The summed E-state index contributed by atoms with van der Waals surface area (Å²) in [5.41, 5.74) is 3.26. The molecule has 6 heteroatoms. The first kappa shape index (κ1) is 17.9. The summed E-state index contributed by atoms with van der Waals surface area (Å²) in [6, 6.07) is 23.1. The molecule has 1 N–H and O–H groups in total. The number of rotatable bonds is 3. The number of hydrazone groups is 1. The van der Waals surface area contributed by atoms with Crippen molar-refractivity contribution in [3.8, 4) is 0 Å². The molecule has 27 heavy (non-hydrogen) atoms. The lowest BCUT2D eigenvalue weighted by molar-refractivity contribution is 0.0691. The SMILES string of the molecule is O=C1c2ccccc2NC(c2cccc(Br)c2)N1N=Cc1cccc(Br)c1. The van der Waals surface area contributed by atoms with Crippen LogP contribution in [-0.4, -0.2) is 17.1 Å².